The SMILES string of the molecule is CCOc1ccc(C(=O)OCc2nc(-c3cccc(C(F)(F)F)c3)no2)cc1. The van der Waals surface area contributed by atoms with Crippen LogP contribution in [0.2, 0.25) is 0 Å². The van der Waals surface area contributed by atoms with Crippen molar-refractivity contribution in [3.8, 4) is 17.1 Å². The van der Waals surface area contributed by atoms with Crippen LogP contribution in [-0.2, 0) is 17.5 Å². The molecule has 6 nitrogen and oxygen atoms in total. The van der Waals surface area contributed by atoms with Crippen LogP contribution >= 0.6 is 0 Å². The number of carbonyl (C=O) groups is 1. The first kappa shape index (κ1) is 19.4. The number of hydrogen-bond acceptors (Lipinski definition) is 6. The molecule has 3 rings (SSSR count). The van der Waals surface area contributed by atoms with Crippen LogP contribution in [0.4, 0.5) is 13.2 Å². The van der Waals surface area contributed by atoms with E-state index in [1.807, 2.05) is 6.92 Å². The van der Waals surface area contributed by atoms with Gasteiger partial charge >= 0.3 is 12.1 Å². The molecule has 2 aromatic carbocycles. The number of nitrogens with zero attached hydrogens (tertiary/aromatic N) is 2. The van der Waals surface area contributed by atoms with Gasteiger partial charge in [0.1, 0.15) is 5.75 Å². The van der Waals surface area contributed by atoms with Gasteiger partial charge in [0.15, 0.2) is 6.61 Å². The Kier molecular flexibility index (Phi) is 5.62. The van der Waals surface area contributed by atoms with Crippen molar-refractivity contribution in [2.75, 3.05) is 6.61 Å². The van der Waals surface area contributed by atoms with Crippen molar-refractivity contribution in [3.63, 3.8) is 0 Å². The third-order valence-electron chi connectivity index (χ3n) is 3.64. The molecule has 1 heterocycles. The van der Waals surface area contributed by atoms with E-state index in [2.05, 4.69) is 10.1 Å². The molecule has 0 atom stereocenters. The number of rotatable bonds is 6. The molecular weight excluding hydrogens is 377 g/mol. The van der Waals surface area contributed by atoms with Gasteiger partial charge in [-0.1, -0.05) is 17.3 Å². The van der Waals surface area contributed by atoms with Crippen molar-refractivity contribution in [2.45, 2.75) is 19.7 Å². The lowest BCUT2D eigenvalue weighted by Crippen LogP contribution is -2.05. The molecule has 0 bridgehead atoms. The van der Waals surface area contributed by atoms with Crippen LogP contribution in [0.3, 0.4) is 0 Å². The average Bonchev–Trinajstić information content (AvgIpc) is 3.15. The summed E-state index contributed by atoms with van der Waals surface area (Å²) in [5.74, 6) is -0.0477. The quantitative estimate of drug-likeness (QED) is 0.575. The molecule has 0 N–H and O–H groups in total. The lowest BCUT2D eigenvalue weighted by Gasteiger charge is -2.06. The van der Waals surface area contributed by atoms with Gasteiger partial charge < -0.3 is 14.0 Å². The van der Waals surface area contributed by atoms with Crippen molar-refractivity contribution < 1.29 is 32.0 Å². The molecule has 0 spiro atoms. The Hall–Kier alpha value is -3.36. The van der Waals surface area contributed by atoms with Gasteiger partial charge in [0.25, 0.3) is 5.89 Å². The summed E-state index contributed by atoms with van der Waals surface area (Å²) in [7, 11) is 0. The van der Waals surface area contributed by atoms with Gasteiger partial charge in [-0.2, -0.15) is 18.2 Å². The number of hydrogen-bond donors (Lipinski definition) is 0. The lowest BCUT2D eigenvalue weighted by molar-refractivity contribution is -0.137. The van der Waals surface area contributed by atoms with E-state index in [4.69, 9.17) is 14.0 Å². The first-order valence-electron chi connectivity index (χ1n) is 8.27. The number of halogens is 3. The summed E-state index contributed by atoms with van der Waals surface area (Å²) in [4.78, 5) is 16.0. The maximum absolute atomic E-state index is 12.8. The predicted molar refractivity (Wildman–Crippen MR) is 91.5 cm³/mol. The standard InChI is InChI=1S/C19H15F3N2O4/c1-2-26-15-8-6-12(7-9-15)18(25)27-11-16-23-17(24-28-16)13-4-3-5-14(10-13)19(20,21)22/h3-10H,2,11H2,1H3. The molecule has 0 radical (unpaired) electrons. The van der Waals surface area contributed by atoms with Crippen LogP contribution in [0, 0.1) is 0 Å². The molecule has 9 heteroatoms. The second kappa shape index (κ2) is 8.12. The van der Waals surface area contributed by atoms with Gasteiger partial charge in [-0.15, -0.1) is 0 Å². The average molecular weight is 392 g/mol. The molecule has 0 fully saturated rings. The minimum Gasteiger partial charge on any atom is -0.494 e. The number of alkyl halides is 3. The van der Waals surface area contributed by atoms with Crippen LogP contribution < -0.4 is 4.74 Å². The summed E-state index contributed by atoms with van der Waals surface area (Å²) in [6.07, 6.45) is -4.48. The molecule has 0 saturated carbocycles. The van der Waals surface area contributed by atoms with E-state index in [0.29, 0.717) is 17.9 Å². The van der Waals surface area contributed by atoms with Gasteiger partial charge in [0, 0.05) is 5.56 Å². The summed E-state index contributed by atoms with van der Waals surface area (Å²) in [5, 5.41) is 3.63. The molecule has 0 saturated heterocycles. The third kappa shape index (κ3) is 4.67. The van der Waals surface area contributed by atoms with E-state index in [0.717, 1.165) is 12.1 Å². The van der Waals surface area contributed by atoms with Crippen LogP contribution in [0.5, 0.6) is 5.75 Å². The molecule has 0 amide bonds. The Morgan fingerprint density at radius 1 is 1.14 bits per heavy atom. The number of ether oxygens (including phenoxy) is 2. The summed E-state index contributed by atoms with van der Waals surface area (Å²) in [5.41, 5.74) is -0.373. The Labute approximate surface area is 157 Å². The molecule has 3 aromatic rings. The molecule has 0 aliphatic rings. The minimum atomic E-state index is -4.48. The zero-order valence-electron chi connectivity index (χ0n) is 14.7. The van der Waals surface area contributed by atoms with E-state index in [1.165, 1.54) is 12.1 Å². The highest BCUT2D eigenvalue weighted by Crippen LogP contribution is 2.31. The summed E-state index contributed by atoms with van der Waals surface area (Å²) >= 11 is 0. The van der Waals surface area contributed by atoms with Crippen LogP contribution in [-0.4, -0.2) is 22.7 Å². The summed E-state index contributed by atoms with van der Waals surface area (Å²) in [6.45, 7) is 2.05. The fraction of sp³-hybridized carbons (Fsp3) is 0.211. The van der Waals surface area contributed by atoms with Gasteiger partial charge in [0.2, 0.25) is 5.82 Å². The summed E-state index contributed by atoms with van der Waals surface area (Å²) in [6, 6.07) is 10.9. The Balaban J connectivity index is 1.64. The molecule has 0 unspecified atom stereocenters. The van der Waals surface area contributed by atoms with E-state index in [1.54, 1.807) is 24.3 Å². The van der Waals surface area contributed by atoms with Crippen molar-refractivity contribution in [1.82, 2.24) is 10.1 Å². The largest absolute Gasteiger partial charge is 0.494 e. The Morgan fingerprint density at radius 2 is 1.89 bits per heavy atom. The van der Waals surface area contributed by atoms with Crippen molar-refractivity contribution in [1.29, 1.82) is 0 Å². The Morgan fingerprint density at radius 3 is 2.57 bits per heavy atom. The predicted octanol–water partition coefficient (Wildman–Crippen LogP) is 4.51. The molecule has 0 aliphatic heterocycles. The van der Waals surface area contributed by atoms with Crippen molar-refractivity contribution >= 4 is 5.97 Å². The second-order valence-electron chi connectivity index (χ2n) is 5.62. The lowest BCUT2D eigenvalue weighted by atomic mass is 10.1. The van der Waals surface area contributed by atoms with Crippen LogP contribution in [0.25, 0.3) is 11.4 Å². The van der Waals surface area contributed by atoms with Gasteiger partial charge in [0.05, 0.1) is 17.7 Å². The van der Waals surface area contributed by atoms with E-state index < -0.39 is 17.7 Å². The van der Waals surface area contributed by atoms with Gasteiger partial charge in [-0.3, -0.25) is 0 Å². The van der Waals surface area contributed by atoms with E-state index in [-0.39, 0.29) is 23.9 Å². The molecule has 1 aromatic heterocycles. The monoisotopic (exact) mass is 392 g/mol. The summed E-state index contributed by atoms with van der Waals surface area (Å²) < 4.78 is 53.7. The molecule has 146 valence electrons. The van der Waals surface area contributed by atoms with Gasteiger partial charge in [-0.25, -0.2) is 4.79 Å². The van der Waals surface area contributed by atoms with Crippen molar-refractivity contribution in [3.05, 3.63) is 65.5 Å². The maximum Gasteiger partial charge on any atom is 0.416 e. The smallest absolute Gasteiger partial charge is 0.416 e. The van der Waals surface area contributed by atoms with E-state index in [9.17, 15) is 18.0 Å². The normalized spacial score (nSPS) is 11.3. The number of aromatic nitrogens is 2. The number of esters is 1. The topological polar surface area (TPSA) is 74.5 Å². The molecule has 0 aliphatic carbocycles. The zero-order valence-corrected chi connectivity index (χ0v) is 14.7. The Bertz CT molecular complexity index is 952. The number of carbonyl (C=O) groups excluding carboxylic acids is 1. The minimum absolute atomic E-state index is 0.0294. The van der Waals surface area contributed by atoms with Gasteiger partial charge in [-0.05, 0) is 43.3 Å². The first-order chi connectivity index (χ1) is 13.4. The first-order valence-corrected chi connectivity index (χ1v) is 8.27. The maximum atomic E-state index is 12.8. The molecule has 28 heavy (non-hydrogen) atoms. The van der Waals surface area contributed by atoms with Crippen LogP contribution in [0.1, 0.15) is 28.7 Å². The molecular formula is C19H15F3N2O4. The highest BCUT2D eigenvalue weighted by atomic mass is 19.4. The highest BCUT2D eigenvalue weighted by Gasteiger charge is 2.30. The number of benzene rings is 2. The van der Waals surface area contributed by atoms with Crippen molar-refractivity contribution in [2.24, 2.45) is 0 Å². The third-order valence-corrected chi connectivity index (χ3v) is 3.64. The fourth-order valence-corrected chi connectivity index (χ4v) is 2.33. The van der Waals surface area contributed by atoms with E-state index >= 15 is 0 Å². The highest BCUT2D eigenvalue weighted by molar-refractivity contribution is 5.89. The van der Waals surface area contributed by atoms with Crippen LogP contribution in [0.15, 0.2) is 53.1 Å². The second-order valence-corrected chi connectivity index (χ2v) is 5.62. The zero-order chi connectivity index (χ0) is 20.1. The fourth-order valence-electron chi connectivity index (χ4n) is 2.33.